The van der Waals surface area contributed by atoms with Gasteiger partial charge in [-0.2, -0.15) is 5.10 Å². The van der Waals surface area contributed by atoms with Crippen molar-refractivity contribution in [2.24, 2.45) is 5.73 Å². The number of rotatable bonds is 5. The van der Waals surface area contributed by atoms with Gasteiger partial charge in [0.05, 0.1) is 21.9 Å². The normalized spacial score (nSPS) is 18.1. The number of ether oxygens (including phenoxy) is 1. The van der Waals surface area contributed by atoms with Crippen LogP contribution >= 0.6 is 11.8 Å². The summed E-state index contributed by atoms with van der Waals surface area (Å²) in [5, 5.41) is 7.06. The molecule has 0 fully saturated rings. The molecule has 4 rings (SSSR count). The summed E-state index contributed by atoms with van der Waals surface area (Å²) in [5.74, 6) is -0.0235. The molecule has 2 unspecified atom stereocenters. The minimum absolute atomic E-state index is 0.146. The molecule has 3 aromatic rings. The van der Waals surface area contributed by atoms with Gasteiger partial charge in [-0.25, -0.2) is 9.07 Å². The van der Waals surface area contributed by atoms with Crippen LogP contribution in [-0.2, 0) is 9.59 Å². The molecule has 2 atom stereocenters. The lowest BCUT2D eigenvalue weighted by Gasteiger charge is -2.18. The summed E-state index contributed by atoms with van der Waals surface area (Å²) in [5.41, 5.74) is 8.19. The number of anilines is 1. The lowest BCUT2D eigenvalue weighted by molar-refractivity contribution is -0.120. The predicted octanol–water partition coefficient (Wildman–Crippen LogP) is 3.35. The van der Waals surface area contributed by atoms with Crippen molar-refractivity contribution < 1.29 is 18.7 Å². The molecule has 0 bridgehead atoms. The monoisotopic (exact) mass is 440 g/mol. The lowest BCUT2D eigenvalue weighted by Crippen LogP contribution is -2.22. The zero-order chi connectivity index (χ0) is 22.1. The fraction of sp³-hybridized carbons (Fsp3) is 0.227. The van der Waals surface area contributed by atoms with Gasteiger partial charge in [0.15, 0.2) is 6.61 Å². The van der Waals surface area contributed by atoms with Crippen LogP contribution in [0.3, 0.4) is 0 Å². The summed E-state index contributed by atoms with van der Waals surface area (Å²) in [6.45, 7) is 3.52. The molecule has 0 spiro atoms. The highest BCUT2D eigenvalue weighted by atomic mass is 32.2. The molecule has 1 aromatic heterocycles. The standard InChI is InChI=1S/C22H21FN4O3S/c1-12-19-20(14-6-8-17(9-7-14)30-11-18(24)28)31-13(2)22(29)25-21(19)27(26-12)16-5-3-4-15(23)10-16/h3-10,13,20H,11H2,1-2H3,(H2,24,28)(H,25,29). The summed E-state index contributed by atoms with van der Waals surface area (Å²) < 4.78 is 20.7. The number of carbonyl (C=O) groups is 2. The van der Waals surface area contributed by atoms with Crippen LogP contribution in [0.25, 0.3) is 5.69 Å². The Morgan fingerprint density at radius 2 is 2.03 bits per heavy atom. The molecule has 0 aliphatic carbocycles. The molecule has 160 valence electrons. The van der Waals surface area contributed by atoms with Crippen molar-refractivity contribution in [2.45, 2.75) is 24.3 Å². The first-order chi connectivity index (χ1) is 14.8. The minimum atomic E-state index is -0.549. The van der Waals surface area contributed by atoms with Crippen molar-refractivity contribution in [3.8, 4) is 11.4 Å². The number of nitrogens with one attached hydrogen (secondary N) is 1. The zero-order valence-electron chi connectivity index (χ0n) is 17.0. The van der Waals surface area contributed by atoms with Gasteiger partial charge >= 0.3 is 0 Å². The smallest absolute Gasteiger partial charge is 0.255 e. The average Bonchev–Trinajstić information content (AvgIpc) is 2.99. The summed E-state index contributed by atoms with van der Waals surface area (Å²) in [4.78, 5) is 23.6. The Hall–Kier alpha value is -3.33. The molecule has 0 saturated carbocycles. The van der Waals surface area contributed by atoms with Gasteiger partial charge < -0.3 is 15.8 Å². The Labute approximate surface area is 182 Å². The third kappa shape index (κ3) is 4.27. The fourth-order valence-corrected chi connectivity index (χ4v) is 4.78. The highest BCUT2D eigenvalue weighted by Crippen LogP contribution is 2.46. The summed E-state index contributed by atoms with van der Waals surface area (Å²) in [6, 6.07) is 13.4. The van der Waals surface area contributed by atoms with E-state index in [0.717, 1.165) is 16.8 Å². The van der Waals surface area contributed by atoms with Crippen LogP contribution in [0.15, 0.2) is 48.5 Å². The van der Waals surface area contributed by atoms with E-state index in [9.17, 15) is 14.0 Å². The van der Waals surface area contributed by atoms with E-state index in [0.29, 0.717) is 17.3 Å². The van der Waals surface area contributed by atoms with Gasteiger partial charge in [-0.3, -0.25) is 9.59 Å². The van der Waals surface area contributed by atoms with Crippen LogP contribution < -0.4 is 15.8 Å². The van der Waals surface area contributed by atoms with Gasteiger partial charge in [-0.1, -0.05) is 18.2 Å². The number of carbonyl (C=O) groups excluding carboxylic acids is 2. The second kappa shape index (κ2) is 8.43. The maximum atomic E-state index is 13.8. The molecule has 31 heavy (non-hydrogen) atoms. The first-order valence-electron chi connectivity index (χ1n) is 9.66. The Bertz CT molecular complexity index is 1150. The Morgan fingerprint density at radius 3 is 2.71 bits per heavy atom. The number of primary amides is 1. The molecule has 7 nitrogen and oxygen atoms in total. The Kier molecular flexibility index (Phi) is 5.69. The van der Waals surface area contributed by atoms with Crippen LogP contribution in [-0.4, -0.2) is 33.5 Å². The van der Waals surface area contributed by atoms with Gasteiger partial charge in [-0.05, 0) is 49.7 Å². The number of nitrogens with two attached hydrogens (primary N) is 1. The van der Waals surface area contributed by atoms with E-state index in [-0.39, 0.29) is 28.8 Å². The second-order valence-electron chi connectivity index (χ2n) is 7.21. The Balaban J connectivity index is 1.77. The first kappa shape index (κ1) is 20.9. The van der Waals surface area contributed by atoms with Crippen LogP contribution in [0.1, 0.15) is 29.0 Å². The molecule has 3 N–H and O–H groups in total. The molecule has 9 heteroatoms. The number of benzene rings is 2. The van der Waals surface area contributed by atoms with Crippen molar-refractivity contribution in [1.29, 1.82) is 0 Å². The van der Waals surface area contributed by atoms with Crippen molar-refractivity contribution in [3.05, 3.63) is 71.2 Å². The van der Waals surface area contributed by atoms with Crippen molar-refractivity contribution in [2.75, 3.05) is 11.9 Å². The van der Waals surface area contributed by atoms with E-state index in [1.165, 1.54) is 23.9 Å². The largest absolute Gasteiger partial charge is 0.484 e. The van der Waals surface area contributed by atoms with E-state index < -0.39 is 5.91 Å². The van der Waals surface area contributed by atoms with Gasteiger partial charge in [-0.15, -0.1) is 11.8 Å². The van der Waals surface area contributed by atoms with E-state index in [2.05, 4.69) is 10.4 Å². The molecule has 2 aromatic carbocycles. The Morgan fingerprint density at radius 1 is 1.29 bits per heavy atom. The quantitative estimate of drug-likeness (QED) is 0.634. The van der Waals surface area contributed by atoms with Crippen molar-refractivity contribution >= 4 is 29.4 Å². The fourth-order valence-electron chi connectivity index (χ4n) is 3.46. The van der Waals surface area contributed by atoms with Gasteiger partial charge in [0, 0.05) is 5.56 Å². The maximum absolute atomic E-state index is 13.8. The van der Waals surface area contributed by atoms with Gasteiger partial charge in [0.25, 0.3) is 5.91 Å². The maximum Gasteiger partial charge on any atom is 0.255 e. The third-order valence-corrected chi connectivity index (χ3v) is 6.34. The minimum Gasteiger partial charge on any atom is -0.484 e. The van der Waals surface area contributed by atoms with Crippen LogP contribution in [0.2, 0.25) is 0 Å². The number of hydrogen-bond acceptors (Lipinski definition) is 5. The number of hydrogen-bond donors (Lipinski definition) is 2. The van der Waals surface area contributed by atoms with E-state index in [1.54, 1.807) is 28.9 Å². The number of amides is 2. The zero-order valence-corrected chi connectivity index (χ0v) is 17.8. The molecule has 1 aliphatic heterocycles. The van der Waals surface area contributed by atoms with Crippen LogP contribution in [0.4, 0.5) is 10.2 Å². The highest BCUT2D eigenvalue weighted by Gasteiger charge is 2.34. The van der Waals surface area contributed by atoms with Crippen molar-refractivity contribution in [1.82, 2.24) is 9.78 Å². The number of thioether (sulfide) groups is 1. The van der Waals surface area contributed by atoms with Crippen LogP contribution in [0.5, 0.6) is 5.75 Å². The molecule has 2 heterocycles. The summed E-state index contributed by atoms with van der Waals surface area (Å²) >= 11 is 1.51. The highest BCUT2D eigenvalue weighted by molar-refractivity contribution is 8.01. The van der Waals surface area contributed by atoms with Gasteiger partial charge in [0.1, 0.15) is 17.4 Å². The lowest BCUT2D eigenvalue weighted by atomic mass is 10.0. The first-order valence-corrected chi connectivity index (χ1v) is 10.6. The van der Waals surface area contributed by atoms with Crippen molar-refractivity contribution in [3.63, 3.8) is 0 Å². The third-order valence-electron chi connectivity index (χ3n) is 4.94. The van der Waals surface area contributed by atoms with E-state index in [4.69, 9.17) is 10.5 Å². The molecular weight excluding hydrogens is 419 g/mol. The number of fused-ring (bicyclic) bond motifs is 1. The average molecular weight is 441 g/mol. The van der Waals surface area contributed by atoms with Crippen LogP contribution in [0, 0.1) is 12.7 Å². The SMILES string of the molecule is Cc1nn(-c2cccc(F)c2)c2c1C(c1ccc(OCC(N)=O)cc1)SC(C)C(=O)N2. The number of nitrogens with zero attached hydrogens (tertiary/aromatic N) is 2. The van der Waals surface area contributed by atoms with E-state index >= 15 is 0 Å². The molecule has 2 amide bonds. The molecule has 0 saturated heterocycles. The van der Waals surface area contributed by atoms with E-state index in [1.807, 2.05) is 26.0 Å². The second-order valence-corrected chi connectivity index (χ2v) is 8.66. The number of aryl methyl sites for hydroxylation is 1. The summed E-state index contributed by atoms with van der Waals surface area (Å²) in [6.07, 6.45) is 0. The number of halogens is 1. The van der Waals surface area contributed by atoms with Gasteiger partial charge in [0.2, 0.25) is 5.91 Å². The summed E-state index contributed by atoms with van der Waals surface area (Å²) in [7, 11) is 0. The molecule has 0 radical (unpaired) electrons. The predicted molar refractivity (Wildman–Crippen MR) is 117 cm³/mol. The topological polar surface area (TPSA) is 99.2 Å². The molecular formula is C22H21FN4O3S. The molecule has 1 aliphatic rings. The number of aromatic nitrogens is 2.